The van der Waals surface area contributed by atoms with Crippen LogP contribution in [-0.2, 0) is 14.3 Å². The number of ketones is 1. The second kappa shape index (κ2) is 8.99. The highest BCUT2D eigenvalue weighted by atomic mass is 32.2. The number of nitrogens with zero attached hydrogens (tertiary/aromatic N) is 3. The summed E-state index contributed by atoms with van der Waals surface area (Å²) in [5, 5.41) is 21.0. The fourth-order valence-corrected chi connectivity index (χ4v) is 3.78. The van der Waals surface area contributed by atoms with Gasteiger partial charge in [-0.15, -0.1) is 11.3 Å². The summed E-state index contributed by atoms with van der Waals surface area (Å²) in [6, 6.07) is 7.62. The average Bonchev–Trinajstić information content (AvgIpc) is 3.13. The molecule has 0 saturated carbocycles. The molecule has 2 aromatic rings. The molecule has 0 saturated heterocycles. The highest BCUT2D eigenvalue weighted by molar-refractivity contribution is 8.00. The van der Waals surface area contributed by atoms with Crippen LogP contribution in [0.5, 0.6) is 0 Å². The van der Waals surface area contributed by atoms with Gasteiger partial charge in [0.15, 0.2) is 5.78 Å². The van der Waals surface area contributed by atoms with E-state index in [4.69, 9.17) is 10.5 Å². The standard InChI is InChI=1S/C17H14N4O3S2/c1-2-24-14(23)6-10(22)9-26-17-12(8-19)15(13-4-3-5-25-13)11(7-18)16(20)21-17/h3-5H,2,6,9H2,1H3,(H2,20,21). The fourth-order valence-electron chi connectivity index (χ4n) is 2.14. The van der Waals surface area contributed by atoms with Gasteiger partial charge in [0.1, 0.15) is 35.0 Å². The lowest BCUT2D eigenvalue weighted by Crippen LogP contribution is -2.13. The van der Waals surface area contributed by atoms with Crippen molar-refractivity contribution in [2.75, 3.05) is 18.1 Å². The summed E-state index contributed by atoms with van der Waals surface area (Å²) in [5.74, 6) is -1.00. The molecule has 0 aliphatic heterocycles. The lowest BCUT2D eigenvalue weighted by Gasteiger charge is -2.11. The second-order valence-electron chi connectivity index (χ2n) is 4.94. The van der Waals surface area contributed by atoms with Crippen LogP contribution in [0.4, 0.5) is 5.82 Å². The molecule has 2 rings (SSSR count). The summed E-state index contributed by atoms with van der Waals surface area (Å²) in [7, 11) is 0. The molecule has 2 aromatic heterocycles. The smallest absolute Gasteiger partial charge is 0.313 e. The molecule has 0 aliphatic carbocycles. The number of esters is 1. The SMILES string of the molecule is CCOC(=O)CC(=O)CSc1nc(N)c(C#N)c(-c2cccs2)c1C#N. The number of anilines is 1. The average molecular weight is 386 g/mol. The molecule has 0 spiro atoms. The third-order valence-corrected chi connectivity index (χ3v) is 5.12. The van der Waals surface area contributed by atoms with Gasteiger partial charge >= 0.3 is 5.97 Å². The van der Waals surface area contributed by atoms with Crippen molar-refractivity contribution in [2.45, 2.75) is 18.4 Å². The molecule has 0 aliphatic rings. The van der Waals surface area contributed by atoms with Gasteiger partial charge in [0.2, 0.25) is 0 Å². The van der Waals surface area contributed by atoms with E-state index in [0.717, 1.165) is 11.8 Å². The van der Waals surface area contributed by atoms with Crippen molar-refractivity contribution in [1.82, 2.24) is 4.98 Å². The van der Waals surface area contributed by atoms with Crippen molar-refractivity contribution in [3.8, 4) is 22.6 Å². The zero-order valence-corrected chi connectivity index (χ0v) is 15.4. The lowest BCUT2D eigenvalue weighted by atomic mass is 10.0. The maximum Gasteiger partial charge on any atom is 0.313 e. The van der Waals surface area contributed by atoms with Gasteiger partial charge in [-0.2, -0.15) is 10.5 Å². The Morgan fingerprint density at radius 1 is 1.35 bits per heavy atom. The number of aromatic nitrogens is 1. The number of carbonyl (C=O) groups is 2. The summed E-state index contributed by atoms with van der Waals surface area (Å²) < 4.78 is 4.74. The summed E-state index contributed by atoms with van der Waals surface area (Å²) >= 11 is 2.38. The number of nitrogen functional groups attached to an aromatic ring is 1. The number of thiophene rings is 1. The van der Waals surface area contributed by atoms with E-state index in [-0.39, 0.29) is 46.5 Å². The highest BCUT2D eigenvalue weighted by Gasteiger charge is 2.22. The van der Waals surface area contributed by atoms with Gasteiger partial charge in [0.05, 0.1) is 17.9 Å². The summed E-state index contributed by atoms with van der Waals surface area (Å²) in [6.45, 7) is 1.86. The van der Waals surface area contributed by atoms with Crippen molar-refractivity contribution >= 4 is 40.7 Å². The van der Waals surface area contributed by atoms with Crippen LogP contribution in [0.25, 0.3) is 10.4 Å². The van der Waals surface area contributed by atoms with Crippen molar-refractivity contribution in [1.29, 1.82) is 10.5 Å². The Labute approximate surface area is 158 Å². The first-order valence-electron chi connectivity index (χ1n) is 7.49. The molecular weight excluding hydrogens is 372 g/mol. The van der Waals surface area contributed by atoms with E-state index >= 15 is 0 Å². The van der Waals surface area contributed by atoms with Crippen molar-refractivity contribution < 1.29 is 14.3 Å². The molecule has 0 bridgehead atoms. The third-order valence-electron chi connectivity index (χ3n) is 3.20. The molecule has 132 valence electrons. The van der Waals surface area contributed by atoms with Gasteiger partial charge < -0.3 is 10.5 Å². The molecular formula is C17H14N4O3S2. The largest absolute Gasteiger partial charge is 0.466 e. The Kier molecular flexibility index (Phi) is 6.73. The molecule has 0 unspecified atom stereocenters. The van der Waals surface area contributed by atoms with Crippen molar-refractivity contribution in [3.63, 3.8) is 0 Å². The van der Waals surface area contributed by atoms with Gasteiger partial charge in [-0.05, 0) is 18.4 Å². The van der Waals surface area contributed by atoms with Crippen LogP contribution >= 0.6 is 23.1 Å². The molecule has 0 fully saturated rings. The van der Waals surface area contributed by atoms with Crippen LogP contribution < -0.4 is 5.73 Å². The normalized spacial score (nSPS) is 9.96. The lowest BCUT2D eigenvalue weighted by molar-refractivity contribution is -0.145. The number of thioether (sulfide) groups is 1. The van der Waals surface area contributed by atoms with Crippen LogP contribution in [0.2, 0.25) is 0 Å². The predicted octanol–water partition coefficient (Wildman–Crippen LogP) is 2.75. The van der Waals surface area contributed by atoms with Gasteiger partial charge in [-0.25, -0.2) is 4.98 Å². The van der Waals surface area contributed by atoms with Gasteiger partial charge in [-0.1, -0.05) is 17.8 Å². The minimum atomic E-state index is -0.592. The zero-order chi connectivity index (χ0) is 19.1. The molecule has 0 atom stereocenters. The minimum absolute atomic E-state index is 0.00441. The van der Waals surface area contributed by atoms with Crippen LogP contribution in [0.3, 0.4) is 0 Å². The second-order valence-corrected chi connectivity index (χ2v) is 6.85. The molecule has 2 N–H and O–H groups in total. The molecule has 2 heterocycles. The number of carbonyl (C=O) groups excluding carboxylic acids is 2. The number of hydrogen-bond donors (Lipinski definition) is 1. The number of nitriles is 2. The van der Waals surface area contributed by atoms with Gasteiger partial charge in [0, 0.05) is 10.4 Å². The Balaban J connectivity index is 2.33. The van der Waals surface area contributed by atoms with Crippen LogP contribution in [0, 0.1) is 22.7 Å². The summed E-state index contributed by atoms with van der Waals surface area (Å²) in [5.41, 5.74) is 6.61. The van der Waals surface area contributed by atoms with Crippen molar-refractivity contribution in [3.05, 3.63) is 28.6 Å². The first-order valence-corrected chi connectivity index (χ1v) is 9.36. The Bertz CT molecular complexity index is 912. The van der Waals surface area contributed by atoms with E-state index in [1.807, 2.05) is 11.4 Å². The molecule has 0 radical (unpaired) electrons. The van der Waals surface area contributed by atoms with E-state index in [1.165, 1.54) is 11.3 Å². The molecule has 0 amide bonds. The van der Waals surface area contributed by atoms with Crippen LogP contribution in [-0.4, -0.2) is 29.1 Å². The maximum absolute atomic E-state index is 11.9. The van der Waals surface area contributed by atoms with Crippen LogP contribution in [0.1, 0.15) is 24.5 Å². The monoisotopic (exact) mass is 386 g/mol. The number of pyridine rings is 1. The topological polar surface area (TPSA) is 130 Å². The Morgan fingerprint density at radius 3 is 2.65 bits per heavy atom. The molecule has 9 heteroatoms. The summed E-state index contributed by atoms with van der Waals surface area (Å²) in [6.07, 6.45) is -0.341. The van der Waals surface area contributed by atoms with E-state index in [2.05, 4.69) is 11.1 Å². The number of nitrogens with two attached hydrogens (primary N) is 1. The molecule has 7 nitrogen and oxygen atoms in total. The Hall–Kier alpha value is -2.88. The maximum atomic E-state index is 11.9. The molecule has 0 aromatic carbocycles. The number of hydrogen-bond acceptors (Lipinski definition) is 9. The predicted molar refractivity (Wildman–Crippen MR) is 98.4 cm³/mol. The third kappa shape index (κ3) is 4.39. The first kappa shape index (κ1) is 19.4. The first-order chi connectivity index (χ1) is 12.5. The van der Waals surface area contributed by atoms with E-state index in [0.29, 0.717) is 10.4 Å². The number of rotatable bonds is 7. The minimum Gasteiger partial charge on any atom is -0.466 e. The quantitative estimate of drug-likeness (QED) is 0.437. The number of Topliss-reactive ketones (excluding diaryl/α,β-unsaturated/α-hetero) is 1. The Morgan fingerprint density at radius 2 is 2.08 bits per heavy atom. The highest BCUT2D eigenvalue weighted by Crippen LogP contribution is 2.37. The van der Waals surface area contributed by atoms with Gasteiger partial charge in [0.25, 0.3) is 0 Å². The fraction of sp³-hybridized carbons (Fsp3) is 0.235. The number of ether oxygens (including phenoxy) is 1. The summed E-state index contributed by atoms with van der Waals surface area (Å²) in [4.78, 5) is 28.1. The molecule has 26 heavy (non-hydrogen) atoms. The van der Waals surface area contributed by atoms with E-state index in [1.54, 1.807) is 19.1 Å². The van der Waals surface area contributed by atoms with E-state index in [9.17, 15) is 20.1 Å². The van der Waals surface area contributed by atoms with Crippen LogP contribution in [0.15, 0.2) is 22.5 Å². The van der Waals surface area contributed by atoms with E-state index < -0.39 is 5.97 Å². The zero-order valence-electron chi connectivity index (χ0n) is 13.8. The van der Waals surface area contributed by atoms with Gasteiger partial charge in [-0.3, -0.25) is 9.59 Å². The van der Waals surface area contributed by atoms with Crippen molar-refractivity contribution in [2.24, 2.45) is 0 Å².